The van der Waals surface area contributed by atoms with E-state index in [0.717, 1.165) is 10.2 Å². The van der Waals surface area contributed by atoms with Crippen LogP contribution in [0.25, 0.3) is 10.2 Å². The summed E-state index contributed by atoms with van der Waals surface area (Å²) >= 11 is 1.32. The minimum Gasteiger partial charge on any atom is -0.493 e. The fourth-order valence-electron chi connectivity index (χ4n) is 3.19. The van der Waals surface area contributed by atoms with Gasteiger partial charge in [0.05, 0.1) is 42.5 Å². The van der Waals surface area contributed by atoms with E-state index < -0.39 is 15.7 Å². The van der Waals surface area contributed by atoms with Crippen molar-refractivity contribution in [2.45, 2.75) is 18.7 Å². The molecule has 1 amide bonds. The Balaban J connectivity index is 1.86. The van der Waals surface area contributed by atoms with Crippen LogP contribution in [-0.4, -0.2) is 52.6 Å². The monoisotopic (exact) mass is 478 g/mol. The van der Waals surface area contributed by atoms with Crippen molar-refractivity contribution in [2.24, 2.45) is 4.99 Å². The predicted molar refractivity (Wildman–Crippen MR) is 124 cm³/mol. The van der Waals surface area contributed by atoms with E-state index in [1.807, 2.05) is 22.8 Å². The maximum absolute atomic E-state index is 12.5. The van der Waals surface area contributed by atoms with E-state index >= 15 is 0 Å². The van der Waals surface area contributed by atoms with Gasteiger partial charge in [-0.05, 0) is 5.56 Å². The second-order valence-corrected chi connectivity index (χ2v) is 10.2. The Bertz CT molecular complexity index is 1250. The molecular formula is C22H26N2O6S2. The lowest BCUT2D eigenvalue weighted by molar-refractivity contribution is -0.117. The highest BCUT2D eigenvalue weighted by molar-refractivity contribution is 7.90. The number of rotatable bonds is 10. The first-order chi connectivity index (χ1) is 15.4. The summed E-state index contributed by atoms with van der Waals surface area (Å²) < 4.78 is 43.5. The van der Waals surface area contributed by atoms with Gasteiger partial charge < -0.3 is 18.8 Å². The number of methoxy groups -OCH3 is 3. The molecule has 0 saturated heterocycles. The van der Waals surface area contributed by atoms with E-state index in [1.54, 1.807) is 45.6 Å². The first kappa shape index (κ1) is 24.0. The van der Waals surface area contributed by atoms with Crippen molar-refractivity contribution >= 4 is 37.3 Å². The first-order valence-electron chi connectivity index (χ1n) is 9.93. The number of hydrogen-bond acceptors (Lipinski definition) is 7. The Morgan fingerprint density at radius 2 is 1.75 bits per heavy atom. The Morgan fingerprint density at radius 1 is 1.06 bits per heavy atom. The lowest BCUT2D eigenvalue weighted by Gasteiger charge is -2.09. The van der Waals surface area contributed by atoms with Crippen molar-refractivity contribution < 1.29 is 27.4 Å². The molecule has 172 valence electrons. The van der Waals surface area contributed by atoms with Crippen molar-refractivity contribution in [1.82, 2.24) is 4.57 Å². The Labute approximate surface area is 191 Å². The molecular weight excluding hydrogens is 452 g/mol. The quantitative estimate of drug-likeness (QED) is 0.445. The predicted octanol–water partition coefficient (Wildman–Crippen LogP) is 2.80. The highest BCUT2D eigenvalue weighted by Gasteiger charge is 2.16. The Hall–Kier alpha value is -2.69. The lowest BCUT2D eigenvalue weighted by atomic mass is 10.2. The van der Waals surface area contributed by atoms with Gasteiger partial charge in [0.2, 0.25) is 5.91 Å². The van der Waals surface area contributed by atoms with Gasteiger partial charge in [-0.3, -0.25) is 4.79 Å². The molecule has 0 aliphatic rings. The molecule has 10 heteroatoms. The molecule has 2 aromatic carbocycles. The number of carbonyl (C=O) groups is 1. The lowest BCUT2D eigenvalue weighted by Crippen LogP contribution is -2.20. The summed E-state index contributed by atoms with van der Waals surface area (Å²) in [7, 11) is 1.28. The maximum Gasteiger partial charge on any atom is 0.249 e. The molecule has 8 nitrogen and oxygen atoms in total. The molecule has 0 aliphatic heterocycles. The van der Waals surface area contributed by atoms with Gasteiger partial charge in [0.25, 0.3) is 0 Å². The average molecular weight is 479 g/mol. The van der Waals surface area contributed by atoms with E-state index in [4.69, 9.17) is 14.2 Å². The van der Waals surface area contributed by atoms with Crippen LogP contribution in [0, 0.1) is 0 Å². The van der Waals surface area contributed by atoms with Gasteiger partial charge in [0.1, 0.15) is 0 Å². The Morgan fingerprint density at radius 3 is 2.41 bits per heavy atom. The second kappa shape index (κ2) is 10.8. The van der Waals surface area contributed by atoms with E-state index in [1.165, 1.54) is 11.3 Å². The van der Waals surface area contributed by atoms with Crippen LogP contribution >= 0.6 is 11.3 Å². The third kappa shape index (κ3) is 5.96. The van der Waals surface area contributed by atoms with E-state index in [-0.39, 0.29) is 17.9 Å². The van der Waals surface area contributed by atoms with Crippen LogP contribution in [-0.2, 0) is 31.7 Å². The maximum atomic E-state index is 12.5. The van der Waals surface area contributed by atoms with Crippen LogP contribution in [0.4, 0.5) is 0 Å². The molecule has 0 bridgehead atoms. The van der Waals surface area contributed by atoms with Crippen molar-refractivity contribution in [3.05, 3.63) is 52.8 Å². The number of benzene rings is 2. The zero-order chi connectivity index (χ0) is 23.1. The van der Waals surface area contributed by atoms with Crippen LogP contribution in [0.1, 0.15) is 12.0 Å². The minimum atomic E-state index is -3.43. The summed E-state index contributed by atoms with van der Waals surface area (Å²) in [6.45, 7) is 0.900. The SMILES string of the molecule is COCCn1c(=NC(=O)CCS(=O)(=O)Cc2ccccc2)sc2cc(OC)c(OC)cc21. The first-order valence-corrected chi connectivity index (χ1v) is 12.6. The van der Waals surface area contributed by atoms with Gasteiger partial charge >= 0.3 is 0 Å². The van der Waals surface area contributed by atoms with E-state index in [2.05, 4.69) is 4.99 Å². The number of sulfone groups is 1. The highest BCUT2D eigenvalue weighted by Crippen LogP contribution is 2.33. The van der Waals surface area contributed by atoms with Crippen molar-refractivity contribution in [2.75, 3.05) is 33.7 Å². The summed E-state index contributed by atoms with van der Waals surface area (Å²) in [5.74, 6) is 0.295. The fourth-order valence-corrected chi connectivity index (χ4v) is 5.60. The number of nitrogens with zero attached hydrogens (tertiary/aromatic N) is 2. The number of hydrogen-bond donors (Lipinski definition) is 0. The van der Waals surface area contributed by atoms with E-state index in [0.29, 0.717) is 35.0 Å². The van der Waals surface area contributed by atoms with Gasteiger partial charge in [-0.1, -0.05) is 41.7 Å². The van der Waals surface area contributed by atoms with Crippen LogP contribution in [0.2, 0.25) is 0 Å². The molecule has 0 saturated carbocycles. The third-order valence-corrected chi connectivity index (χ3v) is 7.42. The standard InChI is InChI=1S/C22H26N2O6S2/c1-28-11-10-24-17-13-18(29-2)19(30-3)14-20(17)31-22(24)23-21(25)9-12-32(26,27)15-16-7-5-4-6-8-16/h4-8,13-14H,9-12,15H2,1-3H3. The fraction of sp³-hybridized carbons (Fsp3) is 0.364. The molecule has 0 spiro atoms. The normalized spacial score (nSPS) is 12.3. The average Bonchev–Trinajstić information content (AvgIpc) is 3.11. The molecule has 0 atom stereocenters. The third-order valence-electron chi connectivity index (χ3n) is 4.78. The van der Waals surface area contributed by atoms with E-state index in [9.17, 15) is 13.2 Å². The minimum absolute atomic E-state index is 0.0998. The van der Waals surface area contributed by atoms with Crippen molar-refractivity contribution in [3.63, 3.8) is 0 Å². The number of ether oxygens (including phenoxy) is 3. The highest BCUT2D eigenvalue weighted by atomic mass is 32.2. The van der Waals surface area contributed by atoms with Gasteiger partial charge in [-0.25, -0.2) is 8.42 Å². The topological polar surface area (TPSA) is 96.2 Å². The molecule has 3 aromatic rings. The summed E-state index contributed by atoms with van der Waals surface area (Å²) in [5.41, 5.74) is 1.52. The summed E-state index contributed by atoms with van der Waals surface area (Å²) in [6.07, 6.45) is -0.180. The number of thiazole rings is 1. The number of fused-ring (bicyclic) bond motifs is 1. The van der Waals surface area contributed by atoms with Crippen LogP contribution < -0.4 is 14.3 Å². The molecule has 0 unspecified atom stereocenters. The smallest absolute Gasteiger partial charge is 0.249 e. The van der Waals surface area contributed by atoms with Gasteiger partial charge in [-0.2, -0.15) is 4.99 Å². The number of amides is 1. The van der Waals surface area contributed by atoms with Crippen molar-refractivity contribution in [3.8, 4) is 11.5 Å². The van der Waals surface area contributed by atoms with Gasteiger partial charge in [0, 0.05) is 32.2 Å². The van der Waals surface area contributed by atoms with Gasteiger partial charge in [0.15, 0.2) is 26.1 Å². The van der Waals surface area contributed by atoms with Crippen LogP contribution in [0.5, 0.6) is 11.5 Å². The molecule has 1 aromatic heterocycles. The summed E-state index contributed by atoms with van der Waals surface area (Å²) in [6, 6.07) is 12.6. The molecule has 0 N–H and O–H groups in total. The Kier molecular flexibility index (Phi) is 8.05. The second-order valence-electron chi connectivity index (χ2n) is 7.04. The number of carbonyl (C=O) groups excluding carboxylic acids is 1. The largest absolute Gasteiger partial charge is 0.493 e. The molecule has 32 heavy (non-hydrogen) atoms. The molecule has 0 fully saturated rings. The van der Waals surface area contributed by atoms with Crippen LogP contribution in [0.3, 0.4) is 0 Å². The summed E-state index contributed by atoms with van der Waals surface area (Å²) in [4.78, 5) is 17.2. The summed E-state index contributed by atoms with van der Waals surface area (Å²) in [5, 5.41) is 0. The zero-order valence-electron chi connectivity index (χ0n) is 18.2. The van der Waals surface area contributed by atoms with Crippen LogP contribution in [0.15, 0.2) is 47.5 Å². The molecule has 0 radical (unpaired) electrons. The van der Waals surface area contributed by atoms with Crippen molar-refractivity contribution in [1.29, 1.82) is 0 Å². The number of aromatic nitrogens is 1. The molecule has 1 heterocycles. The molecule has 3 rings (SSSR count). The molecule has 0 aliphatic carbocycles. The van der Waals surface area contributed by atoms with Gasteiger partial charge in [-0.15, -0.1) is 0 Å². The zero-order valence-corrected chi connectivity index (χ0v) is 19.9.